The number of sulfonamides is 1. The molecule has 0 bridgehead atoms. The van der Waals surface area contributed by atoms with Gasteiger partial charge in [0.1, 0.15) is 11.6 Å². The molecular weight excluding hydrogens is 451 g/mol. The zero-order chi connectivity index (χ0) is 24.2. The second-order valence-corrected chi connectivity index (χ2v) is 9.22. The van der Waals surface area contributed by atoms with E-state index in [0.29, 0.717) is 16.7 Å². The van der Waals surface area contributed by atoms with E-state index in [4.69, 9.17) is 15.6 Å². The Hall–Kier alpha value is -3.76. The predicted octanol–water partition coefficient (Wildman–Crippen LogP) is 2.88. The quantitative estimate of drug-likeness (QED) is 0.493. The molecular formula is C23H21FN2O6S. The maximum absolute atomic E-state index is 13.2. The maximum Gasteiger partial charge on any atom is 0.341 e. The van der Waals surface area contributed by atoms with Crippen LogP contribution >= 0.6 is 0 Å². The van der Waals surface area contributed by atoms with Gasteiger partial charge in [0, 0.05) is 24.7 Å². The number of hydrogen-bond acceptors (Lipinski definition) is 5. The van der Waals surface area contributed by atoms with E-state index in [1.165, 1.54) is 37.4 Å². The molecule has 0 aliphatic carbocycles. The Balaban J connectivity index is 1.97. The monoisotopic (exact) mass is 472 g/mol. The topological polar surface area (TPSA) is 127 Å². The van der Waals surface area contributed by atoms with E-state index in [-0.39, 0.29) is 22.8 Å². The molecule has 0 fully saturated rings. The van der Waals surface area contributed by atoms with Crippen LogP contribution in [0.15, 0.2) is 71.6 Å². The summed E-state index contributed by atoms with van der Waals surface area (Å²) in [5.74, 6) is -2.10. The molecule has 0 aromatic heterocycles. The van der Waals surface area contributed by atoms with Crippen LogP contribution in [0.25, 0.3) is 11.1 Å². The second-order valence-electron chi connectivity index (χ2n) is 7.17. The molecule has 10 heteroatoms. The molecule has 0 atom stereocenters. The van der Waals surface area contributed by atoms with E-state index in [2.05, 4.69) is 0 Å². The molecule has 3 N–H and O–H groups in total. The van der Waals surface area contributed by atoms with Crippen LogP contribution in [0.5, 0.6) is 5.75 Å². The minimum absolute atomic E-state index is 0.0264. The fourth-order valence-corrected chi connectivity index (χ4v) is 4.29. The summed E-state index contributed by atoms with van der Waals surface area (Å²) in [6.07, 6.45) is 0. The highest BCUT2D eigenvalue weighted by atomic mass is 32.2. The summed E-state index contributed by atoms with van der Waals surface area (Å²) in [6.45, 7) is -0.609. The van der Waals surface area contributed by atoms with Crippen molar-refractivity contribution in [3.05, 3.63) is 83.7 Å². The second kappa shape index (κ2) is 9.80. The number of nitrogens with two attached hydrogens (primary N) is 1. The van der Waals surface area contributed by atoms with Gasteiger partial charge in [0.05, 0.1) is 4.90 Å². The third-order valence-electron chi connectivity index (χ3n) is 4.78. The summed E-state index contributed by atoms with van der Waals surface area (Å²) in [7, 11) is -2.49. The van der Waals surface area contributed by atoms with Gasteiger partial charge in [-0.1, -0.05) is 18.2 Å². The molecule has 0 aliphatic rings. The molecule has 172 valence electrons. The van der Waals surface area contributed by atoms with Crippen molar-refractivity contribution in [3.63, 3.8) is 0 Å². The molecule has 0 aliphatic heterocycles. The van der Waals surface area contributed by atoms with Gasteiger partial charge < -0.3 is 15.6 Å². The fraction of sp³-hybridized carbons (Fsp3) is 0.130. The van der Waals surface area contributed by atoms with Gasteiger partial charge in [-0.05, 0) is 59.7 Å². The van der Waals surface area contributed by atoms with Gasteiger partial charge in [0.25, 0.3) is 0 Å². The van der Waals surface area contributed by atoms with Crippen molar-refractivity contribution >= 4 is 21.9 Å². The maximum atomic E-state index is 13.2. The molecule has 0 spiro atoms. The van der Waals surface area contributed by atoms with Gasteiger partial charge in [0.15, 0.2) is 6.61 Å². The average molecular weight is 472 g/mol. The Kier molecular flexibility index (Phi) is 7.10. The van der Waals surface area contributed by atoms with Crippen molar-refractivity contribution in [1.82, 2.24) is 4.31 Å². The first-order valence-corrected chi connectivity index (χ1v) is 11.1. The van der Waals surface area contributed by atoms with E-state index in [0.717, 1.165) is 16.4 Å². The van der Waals surface area contributed by atoms with Gasteiger partial charge >= 0.3 is 5.97 Å². The van der Waals surface area contributed by atoms with E-state index < -0.39 is 34.3 Å². The molecule has 8 nitrogen and oxygen atoms in total. The number of rotatable bonds is 9. The highest BCUT2D eigenvalue weighted by Crippen LogP contribution is 2.32. The summed E-state index contributed by atoms with van der Waals surface area (Å²) >= 11 is 0. The summed E-state index contributed by atoms with van der Waals surface area (Å²) in [5.41, 5.74) is 7.19. The Morgan fingerprint density at radius 3 is 2.39 bits per heavy atom. The molecule has 33 heavy (non-hydrogen) atoms. The number of aliphatic carboxylic acids is 1. The number of benzene rings is 3. The molecule has 3 aromatic rings. The van der Waals surface area contributed by atoms with Crippen LogP contribution in [0.1, 0.15) is 15.9 Å². The number of hydrogen-bond donors (Lipinski definition) is 2. The third-order valence-corrected chi connectivity index (χ3v) is 6.60. The number of nitrogens with zero attached hydrogens (tertiary/aromatic N) is 1. The van der Waals surface area contributed by atoms with Crippen molar-refractivity contribution in [2.24, 2.45) is 5.73 Å². The molecule has 0 radical (unpaired) electrons. The lowest BCUT2D eigenvalue weighted by Crippen LogP contribution is -2.26. The van der Waals surface area contributed by atoms with Crippen molar-refractivity contribution in [2.45, 2.75) is 11.4 Å². The molecule has 0 unspecified atom stereocenters. The van der Waals surface area contributed by atoms with Crippen LogP contribution in [0.3, 0.4) is 0 Å². The van der Waals surface area contributed by atoms with E-state index >= 15 is 0 Å². The average Bonchev–Trinajstić information content (AvgIpc) is 2.78. The van der Waals surface area contributed by atoms with Crippen molar-refractivity contribution in [1.29, 1.82) is 0 Å². The SMILES string of the molecule is CN(Cc1ccc(OCC(=O)O)c(-c2cccc(C(N)=O)c2)c1)S(=O)(=O)c1ccc(F)cc1. The molecule has 0 saturated carbocycles. The van der Waals surface area contributed by atoms with Gasteiger partial charge in [-0.2, -0.15) is 4.31 Å². The molecule has 3 rings (SSSR count). The summed E-state index contributed by atoms with van der Waals surface area (Å²) < 4.78 is 45.3. The van der Waals surface area contributed by atoms with Gasteiger partial charge in [-0.25, -0.2) is 17.6 Å². The number of halogens is 1. The molecule has 0 heterocycles. The van der Waals surface area contributed by atoms with Gasteiger partial charge in [-0.15, -0.1) is 0 Å². The fourth-order valence-electron chi connectivity index (χ4n) is 3.14. The lowest BCUT2D eigenvalue weighted by molar-refractivity contribution is -0.139. The zero-order valence-electron chi connectivity index (χ0n) is 17.6. The predicted molar refractivity (Wildman–Crippen MR) is 119 cm³/mol. The number of carboxylic acids is 1. The smallest absolute Gasteiger partial charge is 0.341 e. The van der Waals surface area contributed by atoms with Gasteiger partial charge in [0.2, 0.25) is 15.9 Å². The first kappa shape index (κ1) is 23.9. The largest absolute Gasteiger partial charge is 0.481 e. The van der Waals surface area contributed by atoms with Crippen LogP contribution in [-0.4, -0.2) is 43.4 Å². The highest BCUT2D eigenvalue weighted by Gasteiger charge is 2.22. The van der Waals surface area contributed by atoms with Crippen LogP contribution in [0.4, 0.5) is 4.39 Å². The van der Waals surface area contributed by atoms with Crippen molar-refractivity contribution < 1.29 is 32.2 Å². The highest BCUT2D eigenvalue weighted by molar-refractivity contribution is 7.89. The summed E-state index contributed by atoms with van der Waals surface area (Å²) in [6, 6.07) is 15.7. The zero-order valence-corrected chi connectivity index (χ0v) is 18.4. The first-order valence-electron chi connectivity index (χ1n) is 9.67. The van der Waals surface area contributed by atoms with Gasteiger partial charge in [-0.3, -0.25) is 4.79 Å². The number of primary amides is 1. The Labute approximate surface area is 190 Å². The standard InChI is InChI=1S/C23H21FN2O6S/c1-26(33(30,31)19-8-6-18(24)7-9-19)13-15-5-10-21(32-14-22(27)28)20(11-15)16-3-2-4-17(12-16)23(25)29/h2-12H,13-14H2,1H3,(H2,25,29)(H,27,28). The van der Waals surface area contributed by atoms with Crippen LogP contribution < -0.4 is 10.5 Å². The first-order chi connectivity index (χ1) is 15.6. The van der Waals surface area contributed by atoms with E-state index in [9.17, 15) is 22.4 Å². The number of ether oxygens (including phenoxy) is 1. The van der Waals surface area contributed by atoms with E-state index in [1.54, 1.807) is 24.3 Å². The number of carboxylic acid groups (broad SMARTS) is 1. The van der Waals surface area contributed by atoms with Crippen LogP contribution in [0, 0.1) is 5.82 Å². The Morgan fingerprint density at radius 2 is 1.76 bits per heavy atom. The minimum Gasteiger partial charge on any atom is -0.481 e. The molecule has 0 saturated heterocycles. The van der Waals surface area contributed by atoms with Crippen molar-refractivity contribution in [2.75, 3.05) is 13.7 Å². The Morgan fingerprint density at radius 1 is 1.06 bits per heavy atom. The summed E-state index contributed by atoms with van der Waals surface area (Å²) in [5, 5.41) is 8.96. The Bertz CT molecular complexity index is 1290. The normalized spacial score (nSPS) is 11.4. The van der Waals surface area contributed by atoms with Crippen LogP contribution in [0.2, 0.25) is 0 Å². The third kappa shape index (κ3) is 5.73. The van der Waals surface area contributed by atoms with Crippen molar-refractivity contribution in [3.8, 4) is 16.9 Å². The number of amides is 1. The lowest BCUT2D eigenvalue weighted by atomic mass is 9.99. The minimum atomic E-state index is -3.88. The summed E-state index contributed by atoms with van der Waals surface area (Å²) in [4.78, 5) is 22.5. The van der Waals surface area contributed by atoms with Crippen LogP contribution in [-0.2, 0) is 21.4 Å². The number of carbonyl (C=O) groups excluding carboxylic acids is 1. The molecule has 3 aromatic carbocycles. The number of carbonyl (C=O) groups is 2. The van der Waals surface area contributed by atoms with E-state index in [1.807, 2.05) is 0 Å². The molecule has 1 amide bonds. The lowest BCUT2D eigenvalue weighted by Gasteiger charge is -2.19.